The van der Waals surface area contributed by atoms with Gasteiger partial charge in [-0.1, -0.05) is 124 Å². The first-order valence-electron chi connectivity index (χ1n) is 21.5. The lowest BCUT2D eigenvalue weighted by Crippen LogP contribution is -2.67. The van der Waals surface area contributed by atoms with Crippen LogP contribution >= 0.6 is 0 Å². The Morgan fingerprint density at radius 2 is 1.34 bits per heavy atom. The third-order valence-corrected chi connectivity index (χ3v) is 16.3. The second-order valence-electron chi connectivity index (χ2n) is 17.9. The predicted molar refractivity (Wildman–Crippen MR) is 243 cm³/mol. The van der Waals surface area contributed by atoms with Gasteiger partial charge in [0, 0.05) is 44.8 Å². The van der Waals surface area contributed by atoms with Gasteiger partial charge in [0.15, 0.2) is 0 Å². The minimum Gasteiger partial charge on any atom is -0.465 e. The second-order valence-corrected chi connectivity index (χ2v) is 22.1. The van der Waals surface area contributed by atoms with E-state index in [2.05, 4.69) is 89.4 Å². The normalized spacial score (nSPS) is 14.7. The molecule has 3 aromatic carbocycles. The summed E-state index contributed by atoms with van der Waals surface area (Å²) in [6.07, 6.45) is 6.67. The molecule has 322 valence electrons. The van der Waals surface area contributed by atoms with Crippen LogP contribution in [0.2, 0.25) is 5.04 Å². The Hall–Kier alpha value is -3.95. The van der Waals surface area contributed by atoms with Crippen LogP contribution in [0, 0.1) is 17.3 Å². The predicted octanol–water partition coefficient (Wildman–Crippen LogP) is 10.4. The minimum atomic E-state index is -2.94. The summed E-state index contributed by atoms with van der Waals surface area (Å²) in [6.45, 7) is 22.6. The van der Waals surface area contributed by atoms with Crippen molar-refractivity contribution in [2.75, 3.05) is 13.7 Å². The summed E-state index contributed by atoms with van der Waals surface area (Å²) in [6, 6.07) is 31.0. The molecular formula is C51H72O7Si. The quantitative estimate of drug-likeness (QED) is 0.0327. The van der Waals surface area contributed by atoms with Gasteiger partial charge in [-0.25, -0.2) is 0 Å². The molecule has 5 atom stereocenters. The van der Waals surface area contributed by atoms with E-state index in [1.54, 1.807) is 7.11 Å². The van der Waals surface area contributed by atoms with E-state index in [1.165, 1.54) is 10.4 Å². The number of unbranched alkanes of at least 4 members (excludes halogenated alkanes) is 2. The molecule has 0 unspecified atom stereocenters. The van der Waals surface area contributed by atoms with Crippen LogP contribution in [-0.4, -0.2) is 57.9 Å². The maximum Gasteiger partial charge on any atom is 0.311 e. The smallest absolute Gasteiger partial charge is 0.311 e. The summed E-state index contributed by atoms with van der Waals surface area (Å²) in [5, 5.41) is 2.11. The summed E-state index contributed by atoms with van der Waals surface area (Å²) in [5.41, 5.74) is 0.287. The number of allylic oxidation sites excluding steroid dienone is 2. The van der Waals surface area contributed by atoms with Gasteiger partial charge >= 0.3 is 5.97 Å². The number of hydrogen-bond acceptors (Lipinski definition) is 7. The molecule has 59 heavy (non-hydrogen) atoms. The summed E-state index contributed by atoms with van der Waals surface area (Å²) in [5.74, 6) is -1.25. The van der Waals surface area contributed by atoms with E-state index in [-0.39, 0.29) is 60.7 Å². The van der Waals surface area contributed by atoms with Crippen molar-refractivity contribution < 1.29 is 33.0 Å². The van der Waals surface area contributed by atoms with Gasteiger partial charge < -0.3 is 18.6 Å². The van der Waals surface area contributed by atoms with Crippen molar-refractivity contribution in [1.29, 1.82) is 0 Å². The monoisotopic (exact) mass is 825 g/mol. The Labute approximate surface area is 357 Å². The van der Waals surface area contributed by atoms with Crippen molar-refractivity contribution in [3.8, 4) is 0 Å². The van der Waals surface area contributed by atoms with Crippen molar-refractivity contribution in [2.24, 2.45) is 17.3 Å². The summed E-state index contributed by atoms with van der Waals surface area (Å²) in [4.78, 5) is 40.9. The molecule has 7 nitrogen and oxygen atoms in total. The zero-order valence-corrected chi connectivity index (χ0v) is 38.3. The van der Waals surface area contributed by atoms with Crippen LogP contribution in [0.15, 0.2) is 116 Å². The summed E-state index contributed by atoms with van der Waals surface area (Å²) >= 11 is 0. The zero-order valence-electron chi connectivity index (χ0n) is 37.3. The molecule has 3 aromatic rings. The van der Waals surface area contributed by atoms with Gasteiger partial charge in [0.25, 0.3) is 8.32 Å². The van der Waals surface area contributed by atoms with Gasteiger partial charge in [0.1, 0.15) is 11.6 Å². The Balaban J connectivity index is 2.11. The lowest BCUT2D eigenvalue weighted by Gasteiger charge is -2.45. The van der Waals surface area contributed by atoms with E-state index in [0.717, 1.165) is 24.8 Å². The van der Waals surface area contributed by atoms with Crippen molar-refractivity contribution in [2.45, 2.75) is 136 Å². The van der Waals surface area contributed by atoms with Crippen LogP contribution in [0.5, 0.6) is 0 Å². The number of ketones is 2. The van der Waals surface area contributed by atoms with Crippen LogP contribution in [0.3, 0.4) is 0 Å². The minimum absolute atomic E-state index is 0.0549. The molecule has 0 saturated heterocycles. The molecule has 0 spiro atoms. The number of esters is 1. The van der Waals surface area contributed by atoms with Crippen LogP contribution in [-0.2, 0) is 39.6 Å². The number of rotatable bonds is 27. The highest BCUT2D eigenvalue weighted by Gasteiger charge is 2.51. The molecular weight excluding hydrogens is 753 g/mol. The summed E-state index contributed by atoms with van der Waals surface area (Å²) < 4.78 is 26.3. The molecule has 8 heteroatoms. The van der Waals surface area contributed by atoms with E-state index < -0.39 is 31.9 Å². The maximum absolute atomic E-state index is 14.9. The molecule has 0 amide bonds. The molecule has 0 aliphatic heterocycles. The number of methoxy groups -OCH3 is 1. The molecule has 0 aliphatic carbocycles. The average molecular weight is 825 g/mol. The van der Waals surface area contributed by atoms with Gasteiger partial charge in [-0.2, -0.15) is 0 Å². The van der Waals surface area contributed by atoms with E-state index in [4.69, 9.17) is 18.6 Å². The number of carbonyl (C=O) groups is 3. The standard InChI is InChI=1S/C51H72O7Si/c1-11-13-14-20-28-42(52)33-34-45(53)47(48(57-38-40-26-18-15-19-27-40)46(55-10)35-36-56-49(54)50(4,5)6)41(25-12-2)37-39(3)58-59(51(7,8)9,43-29-21-16-22-30-43)44-31-23-17-24-32-44/h11-12,15-19,21-24,26-27,29-32,39,41,46-48H,1-2,13-14,20,25,28,33-38H2,3-10H3/t39-,41-,46+,47-,48-/m0/s1. The molecule has 0 N–H and O–H groups in total. The highest BCUT2D eigenvalue weighted by molar-refractivity contribution is 6.99. The van der Waals surface area contributed by atoms with E-state index >= 15 is 0 Å². The van der Waals surface area contributed by atoms with Crippen molar-refractivity contribution in [3.63, 3.8) is 0 Å². The average Bonchev–Trinajstić information content (AvgIpc) is 3.21. The highest BCUT2D eigenvalue weighted by atomic mass is 28.4. The Morgan fingerprint density at radius 3 is 1.85 bits per heavy atom. The first kappa shape index (κ1) is 49.4. The van der Waals surface area contributed by atoms with E-state index in [9.17, 15) is 14.4 Å². The molecule has 3 rings (SSSR count). The topological polar surface area (TPSA) is 88.1 Å². The number of Topliss-reactive ketones (excluding diaryl/α,β-unsaturated/α-hetero) is 2. The fourth-order valence-corrected chi connectivity index (χ4v) is 12.8. The van der Waals surface area contributed by atoms with Crippen LogP contribution in [0.25, 0.3) is 0 Å². The fraction of sp³-hybridized carbons (Fsp3) is 0.510. The second kappa shape index (κ2) is 24.3. The number of ether oxygens (including phenoxy) is 3. The Morgan fingerprint density at radius 1 is 0.763 bits per heavy atom. The lowest BCUT2D eigenvalue weighted by atomic mass is 9.75. The fourth-order valence-electron chi connectivity index (χ4n) is 8.06. The number of carbonyl (C=O) groups excluding carboxylic acids is 3. The van der Waals surface area contributed by atoms with Crippen LogP contribution in [0.1, 0.15) is 112 Å². The van der Waals surface area contributed by atoms with E-state index in [1.807, 2.05) is 75.4 Å². The maximum atomic E-state index is 14.9. The largest absolute Gasteiger partial charge is 0.465 e. The highest BCUT2D eigenvalue weighted by Crippen LogP contribution is 2.40. The molecule has 0 radical (unpaired) electrons. The molecule has 0 fully saturated rings. The first-order valence-corrected chi connectivity index (χ1v) is 23.4. The molecule has 0 heterocycles. The number of hydrogen-bond donors (Lipinski definition) is 0. The number of benzene rings is 3. The van der Waals surface area contributed by atoms with Gasteiger partial charge in [-0.15, -0.1) is 13.2 Å². The molecule has 0 saturated carbocycles. The van der Waals surface area contributed by atoms with E-state index in [0.29, 0.717) is 25.7 Å². The molecule has 0 aliphatic rings. The summed E-state index contributed by atoms with van der Waals surface area (Å²) in [7, 11) is -1.33. The third kappa shape index (κ3) is 14.9. The zero-order chi connectivity index (χ0) is 43.5. The van der Waals surface area contributed by atoms with Crippen LogP contribution < -0.4 is 10.4 Å². The van der Waals surface area contributed by atoms with Gasteiger partial charge in [-0.05, 0) is 86.7 Å². The third-order valence-electron chi connectivity index (χ3n) is 11.1. The lowest BCUT2D eigenvalue weighted by molar-refractivity contribution is -0.158. The SMILES string of the molecule is C=CCCCCC(=O)CCC(=O)[C@H]([C@@H](CC=C)C[C@H](C)O[Si](c1ccccc1)(c1ccccc1)C(C)(C)C)[C@@H](OCc1ccccc1)[C@@H](CCOC(=O)C(C)(C)C)OC. The molecule has 0 bridgehead atoms. The van der Waals surface area contributed by atoms with Gasteiger partial charge in [0.2, 0.25) is 0 Å². The van der Waals surface area contributed by atoms with Crippen molar-refractivity contribution >= 4 is 36.2 Å². The van der Waals surface area contributed by atoms with Gasteiger partial charge in [0.05, 0.1) is 30.8 Å². The van der Waals surface area contributed by atoms with Gasteiger partial charge in [-0.3, -0.25) is 14.4 Å². The van der Waals surface area contributed by atoms with Crippen molar-refractivity contribution in [1.82, 2.24) is 0 Å². The Kier molecular flexibility index (Phi) is 20.4. The first-order chi connectivity index (χ1) is 28.1. The Bertz CT molecular complexity index is 1670. The van der Waals surface area contributed by atoms with Crippen LogP contribution in [0.4, 0.5) is 0 Å². The van der Waals surface area contributed by atoms with Crippen molar-refractivity contribution in [3.05, 3.63) is 122 Å². The molecule has 0 aromatic heterocycles.